The van der Waals surface area contributed by atoms with Crippen LogP contribution in [0.1, 0.15) is 36.2 Å². The maximum absolute atomic E-state index is 12.9. The van der Waals surface area contributed by atoms with Crippen molar-refractivity contribution in [2.75, 3.05) is 13.1 Å². The monoisotopic (exact) mass is 422 g/mol. The number of H-pyrrole nitrogens is 1. The summed E-state index contributed by atoms with van der Waals surface area (Å²) in [5.41, 5.74) is 1.15. The van der Waals surface area contributed by atoms with Gasteiger partial charge in [0.25, 0.3) is 5.91 Å². The first-order valence-electron chi connectivity index (χ1n) is 9.67. The van der Waals surface area contributed by atoms with E-state index in [0.717, 1.165) is 12.8 Å². The van der Waals surface area contributed by atoms with Gasteiger partial charge in [-0.3, -0.25) is 14.5 Å². The Morgan fingerprint density at radius 2 is 2.03 bits per heavy atom. The van der Waals surface area contributed by atoms with Gasteiger partial charge in [-0.15, -0.1) is 0 Å². The van der Waals surface area contributed by atoms with Crippen LogP contribution in [0.25, 0.3) is 17.0 Å². The number of fused-ring (bicyclic) bond motifs is 1. The predicted octanol–water partition coefficient (Wildman–Crippen LogP) is 1.98. The highest BCUT2D eigenvalue weighted by molar-refractivity contribution is 6.02. The predicted molar refractivity (Wildman–Crippen MR) is 101 cm³/mol. The summed E-state index contributed by atoms with van der Waals surface area (Å²) >= 11 is 0. The Morgan fingerprint density at radius 1 is 1.23 bits per heavy atom. The molecule has 3 aromatic heterocycles. The van der Waals surface area contributed by atoms with E-state index >= 15 is 0 Å². The minimum Gasteiger partial charge on any atom is -0.348 e. The maximum atomic E-state index is 12.9. The standard InChI is InChI=1S/C18H21F3N8O/c19-18(20,21)9-23-7-11-1-3-12(4-2-11)25-16(30)15-14-13(8-24-28-14)26-17(27-15)29-6-5-22-10-29/h5-6,8,10-12,23H,1-4,7,9H2,(H,24,28)(H,25,30)/t11-,12-. The number of hydrogen-bond acceptors (Lipinski definition) is 6. The Labute approximate surface area is 169 Å². The van der Waals surface area contributed by atoms with Crippen molar-refractivity contribution in [2.24, 2.45) is 5.92 Å². The van der Waals surface area contributed by atoms with Crippen LogP contribution < -0.4 is 10.6 Å². The second-order valence-corrected chi connectivity index (χ2v) is 7.41. The topological polar surface area (TPSA) is 113 Å². The van der Waals surface area contributed by atoms with Crippen molar-refractivity contribution in [3.05, 3.63) is 30.6 Å². The number of aromatic nitrogens is 6. The minimum absolute atomic E-state index is 0.0546. The fourth-order valence-corrected chi connectivity index (χ4v) is 3.67. The first-order valence-corrected chi connectivity index (χ1v) is 9.67. The van der Waals surface area contributed by atoms with Crippen LogP contribution in [-0.4, -0.2) is 60.9 Å². The molecule has 1 aliphatic carbocycles. The Hall–Kier alpha value is -3.02. The Balaban J connectivity index is 1.38. The molecule has 0 atom stereocenters. The van der Waals surface area contributed by atoms with Crippen LogP contribution in [0.2, 0.25) is 0 Å². The lowest BCUT2D eigenvalue weighted by Crippen LogP contribution is -2.40. The van der Waals surface area contributed by atoms with Crippen molar-refractivity contribution in [3.8, 4) is 5.95 Å². The first-order chi connectivity index (χ1) is 14.4. The molecular formula is C18H21F3N8O. The number of carbonyl (C=O) groups is 1. The summed E-state index contributed by atoms with van der Waals surface area (Å²) in [7, 11) is 0. The van der Waals surface area contributed by atoms with Crippen LogP contribution in [0, 0.1) is 5.92 Å². The highest BCUT2D eigenvalue weighted by Gasteiger charge is 2.28. The third kappa shape index (κ3) is 4.75. The molecule has 9 nitrogen and oxygen atoms in total. The highest BCUT2D eigenvalue weighted by atomic mass is 19.4. The van der Waals surface area contributed by atoms with E-state index in [-0.39, 0.29) is 23.6 Å². The molecule has 1 amide bonds. The number of nitrogens with one attached hydrogen (secondary N) is 3. The molecule has 0 saturated heterocycles. The molecular weight excluding hydrogens is 401 g/mol. The summed E-state index contributed by atoms with van der Waals surface area (Å²) in [6, 6.07) is -0.0546. The van der Waals surface area contributed by atoms with Gasteiger partial charge in [-0.25, -0.2) is 15.0 Å². The van der Waals surface area contributed by atoms with Crippen molar-refractivity contribution < 1.29 is 18.0 Å². The van der Waals surface area contributed by atoms with E-state index in [1.807, 2.05) is 0 Å². The van der Waals surface area contributed by atoms with Gasteiger partial charge in [-0.05, 0) is 38.1 Å². The molecule has 1 aliphatic rings. The van der Waals surface area contributed by atoms with Gasteiger partial charge in [0.1, 0.15) is 17.4 Å². The van der Waals surface area contributed by atoms with Crippen LogP contribution in [0.5, 0.6) is 0 Å². The zero-order chi connectivity index (χ0) is 21.1. The molecule has 3 aromatic rings. The molecule has 1 fully saturated rings. The van der Waals surface area contributed by atoms with Crippen LogP contribution in [0.15, 0.2) is 24.9 Å². The Bertz CT molecular complexity index is 993. The maximum Gasteiger partial charge on any atom is 0.401 e. The third-order valence-electron chi connectivity index (χ3n) is 5.18. The third-order valence-corrected chi connectivity index (χ3v) is 5.18. The number of aromatic amines is 1. The van der Waals surface area contributed by atoms with Gasteiger partial charge in [0.2, 0.25) is 5.95 Å². The summed E-state index contributed by atoms with van der Waals surface area (Å²) in [6.07, 6.45) is 5.03. The molecule has 30 heavy (non-hydrogen) atoms. The number of alkyl halides is 3. The number of carbonyl (C=O) groups excluding carboxylic acids is 1. The number of hydrogen-bond donors (Lipinski definition) is 3. The van der Waals surface area contributed by atoms with Crippen LogP contribution in [-0.2, 0) is 0 Å². The number of halogens is 3. The van der Waals surface area contributed by atoms with E-state index < -0.39 is 12.7 Å². The van der Waals surface area contributed by atoms with Crippen molar-refractivity contribution >= 4 is 16.9 Å². The largest absolute Gasteiger partial charge is 0.401 e. The van der Waals surface area contributed by atoms with Crippen LogP contribution in [0.4, 0.5) is 13.2 Å². The molecule has 0 spiro atoms. The minimum atomic E-state index is -4.20. The van der Waals surface area contributed by atoms with Crippen molar-refractivity contribution in [1.29, 1.82) is 0 Å². The van der Waals surface area contributed by atoms with E-state index in [4.69, 9.17) is 0 Å². The van der Waals surface area contributed by atoms with Crippen molar-refractivity contribution in [3.63, 3.8) is 0 Å². The fourth-order valence-electron chi connectivity index (χ4n) is 3.67. The van der Waals surface area contributed by atoms with Gasteiger partial charge in [-0.1, -0.05) is 0 Å². The quantitative estimate of drug-likeness (QED) is 0.560. The Kier molecular flexibility index (Phi) is 5.66. The lowest BCUT2D eigenvalue weighted by atomic mass is 9.86. The van der Waals surface area contributed by atoms with Crippen molar-refractivity contribution in [2.45, 2.75) is 37.9 Å². The average molecular weight is 422 g/mol. The summed E-state index contributed by atoms with van der Waals surface area (Å²) < 4.78 is 38.3. The van der Waals surface area contributed by atoms with Gasteiger partial charge < -0.3 is 10.6 Å². The van der Waals surface area contributed by atoms with Crippen molar-refractivity contribution in [1.82, 2.24) is 40.3 Å². The number of nitrogens with zero attached hydrogens (tertiary/aromatic N) is 5. The van der Waals surface area contributed by atoms with E-state index in [9.17, 15) is 18.0 Å². The molecule has 12 heteroatoms. The van der Waals surface area contributed by atoms with E-state index in [2.05, 4.69) is 35.8 Å². The van der Waals surface area contributed by atoms with Crippen LogP contribution >= 0.6 is 0 Å². The van der Waals surface area contributed by atoms with E-state index in [0.29, 0.717) is 36.4 Å². The lowest BCUT2D eigenvalue weighted by Gasteiger charge is -2.29. The van der Waals surface area contributed by atoms with Gasteiger partial charge in [0, 0.05) is 18.4 Å². The SMILES string of the molecule is O=C(N[C@H]1CC[C@H](CNCC(F)(F)F)CC1)c1nc(-n2ccnc2)nc2cn[nH]c12. The highest BCUT2D eigenvalue weighted by Crippen LogP contribution is 2.25. The lowest BCUT2D eigenvalue weighted by molar-refractivity contribution is -0.125. The van der Waals surface area contributed by atoms with Gasteiger partial charge >= 0.3 is 6.18 Å². The molecule has 160 valence electrons. The molecule has 3 heterocycles. The molecule has 0 unspecified atom stereocenters. The molecule has 1 saturated carbocycles. The second-order valence-electron chi connectivity index (χ2n) is 7.41. The average Bonchev–Trinajstić information content (AvgIpc) is 3.39. The number of rotatable bonds is 6. The molecule has 4 rings (SSSR count). The summed E-state index contributed by atoms with van der Waals surface area (Å²) in [5.74, 6) is 0.143. The summed E-state index contributed by atoms with van der Waals surface area (Å²) in [5, 5.41) is 12.2. The molecule has 0 radical (unpaired) electrons. The molecule has 0 aromatic carbocycles. The summed E-state index contributed by atoms with van der Waals surface area (Å²) in [4.78, 5) is 25.6. The second kappa shape index (κ2) is 8.38. The van der Waals surface area contributed by atoms with Gasteiger partial charge in [-0.2, -0.15) is 18.3 Å². The van der Waals surface area contributed by atoms with E-state index in [1.165, 1.54) is 12.5 Å². The zero-order valence-corrected chi connectivity index (χ0v) is 16.0. The van der Waals surface area contributed by atoms with Crippen LogP contribution in [0.3, 0.4) is 0 Å². The number of amides is 1. The number of imidazole rings is 1. The zero-order valence-electron chi connectivity index (χ0n) is 16.0. The normalized spacial score (nSPS) is 19.8. The van der Waals surface area contributed by atoms with Gasteiger partial charge in [0.05, 0.1) is 12.7 Å². The summed E-state index contributed by atoms with van der Waals surface area (Å²) in [6.45, 7) is -0.647. The molecule has 3 N–H and O–H groups in total. The fraction of sp³-hybridized carbons (Fsp3) is 0.500. The first kappa shape index (κ1) is 20.3. The smallest absolute Gasteiger partial charge is 0.348 e. The molecule has 0 aliphatic heterocycles. The Morgan fingerprint density at radius 3 is 2.73 bits per heavy atom. The molecule has 0 bridgehead atoms. The van der Waals surface area contributed by atoms with E-state index in [1.54, 1.807) is 17.0 Å². The van der Waals surface area contributed by atoms with Gasteiger partial charge in [0.15, 0.2) is 5.69 Å².